The number of rotatable bonds is 3. The SMILES string of the molecule is CCCN(C)C(=O)C1CN(C)CCN1. The number of hydrogen-bond acceptors (Lipinski definition) is 3. The molecule has 1 atom stereocenters. The van der Waals surface area contributed by atoms with Crippen LogP contribution in [0.4, 0.5) is 0 Å². The minimum atomic E-state index is -0.00898. The Hall–Kier alpha value is -0.610. The summed E-state index contributed by atoms with van der Waals surface area (Å²) in [5.41, 5.74) is 0. The molecule has 1 unspecified atom stereocenters. The maximum atomic E-state index is 11.9. The van der Waals surface area contributed by atoms with Crippen molar-refractivity contribution in [2.75, 3.05) is 40.3 Å². The van der Waals surface area contributed by atoms with E-state index >= 15 is 0 Å². The second kappa shape index (κ2) is 5.32. The maximum Gasteiger partial charge on any atom is 0.240 e. The Morgan fingerprint density at radius 3 is 2.93 bits per heavy atom. The predicted octanol–water partition coefficient (Wildman–Crippen LogP) is -0.242. The Balaban J connectivity index is 2.42. The second-order valence-electron chi connectivity index (χ2n) is 4.03. The fraction of sp³-hybridized carbons (Fsp3) is 0.900. The van der Waals surface area contributed by atoms with Crippen LogP contribution in [-0.2, 0) is 4.79 Å². The summed E-state index contributed by atoms with van der Waals surface area (Å²) in [5.74, 6) is 0.221. The predicted molar refractivity (Wildman–Crippen MR) is 57.2 cm³/mol. The molecule has 1 aliphatic heterocycles. The van der Waals surface area contributed by atoms with E-state index in [9.17, 15) is 4.79 Å². The van der Waals surface area contributed by atoms with Crippen molar-refractivity contribution < 1.29 is 4.79 Å². The normalized spacial score (nSPS) is 23.5. The molecule has 1 amide bonds. The van der Waals surface area contributed by atoms with Gasteiger partial charge in [-0.25, -0.2) is 0 Å². The largest absolute Gasteiger partial charge is 0.344 e. The molecule has 0 aromatic rings. The van der Waals surface area contributed by atoms with E-state index in [1.807, 2.05) is 11.9 Å². The first-order valence-electron chi connectivity index (χ1n) is 5.32. The van der Waals surface area contributed by atoms with Gasteiger partial charge in [-0.1, -0.05) is 6.92 Å². The number of nitrogens with zero attached hydrogens (tertiary/aromatic N) is 2. The van der Waals surface area contributed by atoms with Gasteiger partial charge in [-0.15, -0.1) is 0 Å². The van der Waals surface area contributed by atoms with Crippen molar-refractivity contribution in [3.63, 3.8) is 0 Å². The molecular weight excluding hydrogens is 178 g/mol. The first kappa shape index (κ1) is 11.5. The molecule has 1 rings (SSSR count). The molecule has 0 aliphatic carbocycles. The first-order chi connectivity index (χ1) is 6.65. The molecule has 1 aliphatic rings. The highest BCUT2D eigenvalue weighted by atomic mass is 16.2. The summed E-state index contributed by atoms with van der Waals surface area (Å²) in [6, 6.07) is -0.00898. The lowest BCUT2D eigenvalue weighted by molar-refractivity contribution is -0.133. The highest BCUT2D eigenvalue weighted by Gasteiger charge is 2.25. The van der Waals surface area contributed by atoms with E-state index in [0.29, 0.717) is 0 Å². The number of likely N-dealkylation sites (N-methyl/N-ethyl adjacent to an activating group) is 2. The summed E-state index contributed by atoms with van der Waals surface area (Å²) >= 11 is 0. The van der Waals surface area contributed by atoms with Gasteiger partial charge in [-0.05, 0) is 13.5 Å². The third-order valence-corrected chi connectivity index (χ3v) is 2.61. The van der Waals surface area contributed by atoms with Crippen molar-refractivity contribution in [2.24, 2.45) is 0 Å². The maximum absolute atomic E-state index is 11.9. The Bertz CT molecular complexity index is 196. The van der Waals surface area contributed by atoms with E-state index in [1.54, 1.807) is 0 Å². The summed E-state index contributed by atoms with van der Waals surface area (Å²) in [6.45, 7) is 5.70. The molecule has 14 heavy (non-hydrogen) atoms. The van der Waals surface area contributed by atoms with Crippen LogP contribution in [-0.4, -0.2) is 62.0 Å². The summed E-state index contributed by atoms with van der Waals surface area (Å²) in [6.07, 6.45) is 1.02. The molecule has 0 aromatic carbocycles. The Kier molecular flexibility index (Phi) is 4.35. The van der Waals surface area contributed by atoms with Crippen LogP contribution < -0.4 is 5.32 Å². The van der Waals surface area contributed by atoms with E-state index in [1.165, 1.54) is 0 Å². The summed E-state index contributed by atoms with van der Waals surface area (Å²) in [4.78, 5) is 15.9. The smallest absolute Gasteiger partial charge is 0.240 e. The van der Waals surface area contributed by atoms with Crippen LogP contribution >= 0.6 is 0 Å². The van der Waals surface area contributed by atoms with Gasteiger partial charge in [0.2, 0.25) is 5.91 Å². The number of carbonyl (C=O) groups is 1. The zero-order chi connectivity index (χ0) is 10.6. The molecular formula is C10H21N3O. The fourth-order valence-corrected chi connectivity index (χ4v) is 1.77. The van der Waals surface area contributed by atoms with Gasteiger partial charge in [0, 0.05) is 33.2 Å². The highest BCUT2D eigenvalue weighted by Crippen LogP contribution is 2.00. The van der Waals surface area contributed by atoms with Gasteiger partial charge in [0.15, 0.2) is 0 Å². The van der Waals surface area contributed by atoms with Crippen molar-refractivity contribution in [3.8, 4) is 0 Å². The van der Waals surface area contributed by atoms with E-state index in [2.05, 4.69) is 24.2 Å². The molecule has 0 saturated carbocycles. The summed E-state index contributed by atoms with van der Waals surface area (Å²) in [7, 11) is 3.93. The monoisotopic (exact) mass is 199 g/mol. The number of piperazine rings is 1. The quantitative estimate of drug-likeness (QED) is 0.681. The molecule has 1 fully saturated rings. The number of nitrogens with one attached hydrogen (secondary N) is 1. The van der Waals surface area contributed by atoms with Gasteiger partial charge >= 0.3 is 0 Å². The van der Waals surface area contributed by atoms with Gasteiger partial charge in [-0.3, -0.25) is 4.79 Å². The third kappa shape index (κ3) is 2.96. The lowest BCUT2D eigenvalue weighted by Gasteiger charge is -2.32. The van der Waals surface area contributed by atoms with Crippen molar-refractivity contribution in [2.45, 2.75) is 19.4 Å². The minimum absolute atomic E-state index is 0.00898. The van der Waals surface area contributed by atoms with Crippen LogP contribution in [0.1, 0.15) is 13.3 Å². The fourth-order valence-electron chi connectivity index (χ4n) is 1.77. The molecule has 4 heteroatoms. The van der Waals surface area contributed by atoms with Crippen molar-refractivity contribution in [3.05, 3.63) is 0 Å². The van der Waals surface area contributed by atoms with E-state index in [-0.39, 0.29) is 11.9 Å². The zero-order valence-corrected chi connectivity index (χ0v) is 9.42. The molecule has 1 N–H and O–H groups in total. The molecule has 82 valence electrons. The number of hydrogen-bond donors (Lipinski definition) is 1. The Labute approximate surface area is 86.2 Å². The number of carbonyl (C=O) groups excluding carboxylic acids is 1. The molecule has 4 nitrogen and oxygen atoms in total. The number of amides is 1. The average Bonchev–Trinajstić information content (AvgIpc) is 2.17. The zero-order valence-electron chi connectivity index (χ0n) is 9.42. The van der Waals surface area contributed by atoms with E-state index in [0.717, 1.165) is 32.6 Å². The first-order valence-corrected chi connectivity index (χ1v) is 5.32. The van der Waals surface area contributed by atoms with Gasteiger partial charge in [0.1, 0.15) is 0 Å². The van der Waals surface area contributed by atoms with Crippen LogP contribution in [0.25, 0.3) is 0 Å². The minimum Gasteiger partial charge on any atom is -0.344 e. The third-order valence-electron chi connectivity index (χ3n) is 2.61. The molecule has 0 radical (unpaired) electrons. The molecule has 1 heterocycles. The van der Waals surface area contributed by atoms with Crippen LogP contribution in [0, 0.1) is 0 Å². The van der Waals surface area contributed by atoms with Crippen LogP contribution in [0.15, 0.2) is 0 Å². The average molecular weight is 199 g/mol. The van der Waals surface area contributed by atoms with E-state index in [4.69, 9.17) is 0 Å². The van der Waals surface area contributed by atoms with Crippen molar-refractivity contribution >= 4 is 5.91 Å². The van der Waals surface area contributed by atoms with Crippen LogP contribution in [0.3, 0.4) is 0 Å². The standard InChI is InChI=1S/C10H21N3O/c1-4-6-13(3)10(14)9-8-12(2)7-5-11-9/h9,11H,4-8H2,1-3H3. The van der Waals surface area contributed by atoms with Crippen LogP contribution in [0.5, 0.6) is 0 Å². The topological polar surface area (TPSA) is 35.6 Å². The van der Waals surface area contributed by atoms with Gasteiger partial charge in [-0.2, -0.15) is 0 Å². The summed E-state index contributed by atoms with van der Waals surface area (Å²) in [5, 5.41) is 3.26. The molecule has 0 aromatic heterocycles. The van der Waals surface area contributed by atoms with Crippen molar-refractivity contribution in [1.82, 2.24) is 15.1 Å². The molecule has 0 spiro atoms. The van der Waals surface area contributed by atoms with Crippen LogP contribution in [0.2, 0.25) is 0 Å². The summed E-state index contributed by atoms with van der Waals surface area (Å²) < 4.78 is 0. The van der Waals surface area contributed by atoms with Gasteiger partial charge in [0.25, 0.3) is 0 Å². The van der Waals surface area contributed by atoms with Crippen molar-refractivity contribution in [1.29, 1.82) is 0 Å². The molecule has 1 saturated heterocycles. The lowest BCUT2D eigenvalue weighted by atomic mass is 10.2. The van der Waals surface area contributed by atoms with E-state index < -0.39 is 0 Å². The Morgan fingerprint density at radius 2 is 2.36 bits per heavy atom. The Morgan fingerprint density at radius 1 is 1.64 bits per heavy atom. The lowest BCUT2D eigenvalue weighted by Crippen LogP contribution is -2.56. The molecule has 0 bridgehead atoms. The van der Waals surface area contributed by atoms with Gasteiger partial charge < -0.3 is 15.1 Å². The highest BCUT2D eigenvalue weighted by molar-refractivity contribution is 5.82. The second-order valence-corrected chi connectivity index (χ2v) is 4.03. The van der Waals surface area contributed by atoms with Gasteiger partial charge in [0.05, 0.1) is 6.04 Å².